The van der Waals surface area contributed by atoms with Gasteiger partial charge in [0.25, 0.3) is 11.8 Å². The van der Waals surface area contributed by atoms with Crippen LogP contribution in [-0.4, -0.2) is 54.1 Å². The molecule has 2 N–H and O–H groups in total. The van der Waals surface area contributed by atoms with Crippen LogP contribution in [0, 0.1) is 13.8 Å². The number of aryl methyl sites for hydroxylation is 2. The number of carbonyl (C=O) groups excluding carboxylic acids is 1. The first kappa shape index (κ1) is 30.8. The number of benzene rings is 3. The highest BCUT2D eigenvalue weighted by atomic mass is 17.2. The number of aromatic nitrogens is 2. The second-order valence-corrected chi connectivity index (χ2v) is 10.7. The zero-order valence-electron chi connectivity index (χ0n) is 25.5. The number of rotatable bonds is 13. The van der Waals surface area contributed by atoms with Gasteiger partial charge in [-0.1, -0.05) is 48.9 Å². The van der Waals surface area contributed by atoms with Crippen LogP contribution in [0.1, 0.15) is 47.2 Å². The fraction of sp³-hybridized carbons (Fsp3) is 0.324. The molecule has 0 spiro atoms. The van der Waals surface area contributed by atoms with Crippen LogP contribution in [0.15, 0.2) is 72.8 Å². The normalized spacial score (nSPS) is 13.2. The van der Waals surface area contributed by atoms with Crippen molar-refractivity contribution in [2.24, 2.45) is 0 Å². The molecular weight excluding hydrogens is 558 g/mol. The highest BCUT2D eigenvalue weighted by molar-refractivity contribution is 6.08. The molecule has 0 aliphatic carbocycles. The van der Waals surface area contributed by atoms with Crippen LogP contribution in [0.5, 0.6) is 23.3 Å². The van der Waals surface area contributed by atoms with Crippen LogP contribution in [0.25, 0.3) is 0 Å². The van der Waals surface area contributed by atoms with E-state index in [9.17, 15) is 4.79 Å². The summed E-state index contributed by atoms with van der Waals surface area (Å²) in [5, 5.41) is 6.15. The summed E-state index contributed by atoms with van der Waals surface area (Å²) in [6.45, 7) is 7.87. The number of piperidine rings is 1. The number of para-hydroxylation sites is 2. The van der Waals surface area contributed by atoms with Gasteiger partial charge in [-0.15, -0.1) is 0 Å². The molecule has 5 rings (SSSR count). The molecule has 230 valence electrons. The molecule has 44 heavy (non-hydrogen) atoms. The summed E-state index contributed by atoms with van der Waals surface area (Å²) < 4.78 is 12.2. The van der Waals surface area contributed by atoms with E-state index in [-0.39, 0.29) is 23.3 Å². The van der Waals surface area contributed by atoms with Crippen molar-refractivity contribution in [2.45, 2.75) is 39.5 Å². The zero-order valence-corrected chi connectivity index (χ0v) is 25.5. The van der Waals surface area contributed by atoms with Gasteiger partial charge in [-0.2, -0.15) is 14.9 Å². The fourth-order valence-corrected chi connectivity index (χ4v) is 5.13. The summed E-state index contributed by atoms with van der Waals surface area (Å²) in [6.07, 6.45) is 4.86. The van der Waals surface area contributed by atoms with E-state index in [1.54, 1.807) is 12.1 Å². The third-order valence-corrected chi connectivity index (χ3v) is 7.34. The number of nitrogens with one attached hydrogen (secondary N) is 2. The Balaban J connectivity index is 1.38. The summed E-state index contributed by atoms with van der Waals surface area (Å²) in [5.41, 5.74) is 3.17. The first-order chi connectivity index (χ1) is 21.5. The van der Waals surface area contributed by atoms with Crippen LogP contribution in [0.2, 0.25) is 0 Å². The number of carbonyl (C=O) groups is 1. The third kappa shape index (κ3) is 8.24. The minimum absolute atomic E-state index is 0.00500. The number of amides is 1. The zero-order chi connectivity index (χ0) is 30.7. The van der Waals surface area contributed by atoms with Crippen molar-refractivity contribution >= 4 is 23.2 Å². The van der Waals surface area contributed by atoms with Gasteiger partial charge >= 0.3 is 0 Å². The lowest BCUT2D eigenvalue weighted by molar-refractivity contribution is -0.181. The van der Waals surface area contributed by atoms with Crippen LogP contribution in [0.3, 0.4) is 0 Å². The van der Waals surface area contributed by atoms with Gasteiger partial charge in [-0.05, 0) is 81.6 Å². The van der Waals surface area contributed by atoms with E-state index < -0.39 is 5.91 Å². The summed E-state index contributed by atoms with van der Waals surface area (Å²) in [7, 11) is 1.34. The van der Waals surface area contributed by atoms with Gasteiger partial charge in [0, 0.05) is 24.0 Å². The summed E-state index contributed by atoms with van der Waals surface area (Å²) in [5.74, 6) is 0.745. The van der Waals surface area contributed by atoms with Crippen LogP contribution < -0.4 is 25.0 Å². The minimum Gasteiger partial charge on any atom is -0.493 e. The Hall–Kier alpha value is -4.67. The predicted molar refractivity (Wildman–Crippen MR) is 170 cm³/mol. The second-order valence-electron chi connectivity index (χ2n) is 10.7. The molecule has 0 unspecified atom stereocenters. The Morgan fingerprint density at radius 2 is 1.57 bits per heavy atom. The van der Waals surface area contributed by atoms with E-state index >= 15 is 0 Å². The van der Waals surface area contributed by atoms with Crippen molar-refractivity contribution in [1.29, 1.82) is 0 Å². The number of anilines is 3. The number of hydrogen-bond acceptors (Lipinski definition) is 9. The first-order valence-electron chi connectivity index (χ1n) is 15.0. The lowest BCUT2D eigenvalue weighted by Gasteiger charge is -2.26. The molecule has 1 amide bonds. The van der Waals surface area contributed by atoms with Crippen LogP contribution in [0.4, 0.5) is 17.3 Å². The maximum Gasteiger partial charge on any atom is 0.277 e. The Kier molecular flexibility index (Phi) is 10.6. The highest BCUT2D eigenvalue weighted by Crippen LogP contribution is 2.33. The topological polar surface area (TPSA) is 107 Å². The van der Waals surface area contributed by atoms with Gasteiger partial charge < -0.3 is 29.9 Å². The molecule has 10 heteroatoms. The molecule has 1 fully saturated rings. The van der Waals surface area contributed by atoms with Gasteiger partial charge in [-0.3, -0.25) is 4.79 Å². The quantitative estimate of drug-likeness (QED) is 0.0950. The van der Waals surface area contributed by atoms with Crippen molar-refractivity contribution in [1.82, 2.24) is 14.9 Å². The van der Waals surface area contributed by atoms with Gasteiger partial charge in [-0.25, -0.2) is 0 Å². The summed E-state index contributed by atoms with van der Waals surface area (Å²) in [6, 6.07) is 22.4. The summed E-state index contributed by atoms with van der Waals surface area (Å²) >= 11 is 0. The van der Waals surface area contributed by atoms with Crippen molar-refractivity contribution in [2.75, 3.05) is 44.0 Å². The van der Waals surface area contributed by atoms with Crippen molar-refractivity contribution in [3.63, 3.8) is 0 Å². The highest BCUT2D eigenvalue weighted by Gasteiger charge is 2.26. The van der Waals surface area contributed by atoms with Gasteiger partial charge in [0.2, 0.25) is 11.8 Å². The van der Waals surface area contributed by atoms with Crippen LogP contribution >= 0.6 is 0 Å². The Bertz CT molecular complexity index is 1520. The van der Waals surface area contributed by atoms with Gasteiger partial charge in [0.05, 0.1) is 13.7 Å². The lowest BCUT2D eigenvalue weighted by Crippen LogP contribution is -2.31. The molecule has 0 atom stereocenters. The van der Waals surface area contributed by atoms with E-state index in [0.717, 1.165) is 29.8 Å². The van der Waals surface area contributed by atoms with Gasteiger partial charge in [0.1, 0.15) is 11.5 Å². The molecule has 2 heterocycles. The van der Waals surface area contributed by atoms with Gasteiger partial charge in [0.15, 0.2) is 5.56 Å². The predicted octanol–water partition coefficient (Wildman–Crippen LogP) is 7.08. The molecule has 1 aliphatic heterocycles. The maximum atomic E-state index is 13.7. The number of nitrogens with zero attached hydrogens (tertiary/aromatic N) is 3. The second kappa shape index (κ2) is 15.2. The van der Waals surface area contributed by atoms with Crippen molar-refractivity contribution in [3.8, 4) is 23.3 Å². The van der Waals surface area contributed by atoms with E-state index in [2.05, 4.69) is 25.5 Å². The van der Waals surface area contributed by atoms with Crippen LogP contribution in [-0.2, 0) is 4.89 Å². The maximum absolute atomic E-state index is 13.7. The Morgan fingerprint density at radius 3 is 2.32 bits per heavy atom. The average molecular weight is 598 g/mol. The molecular formula is C34H39N5O5. The number of ether oxygens (including phenoxy) is 2. The third-order valence-electron chi connectivity index (χ3n) is 7.34. The van der Waals surface area contributed by atoms with E-state index in [1.165, 1.54) is 39.5 Å². The molecule has 4 aromatic rings. The molecule has 0 radical (unpaired) electrons. The molecule has 1 aliphatic rings. The molecule has 1 aromatic heterocycles. The number of hydrogen-bond donors (Lipinski definition) is 2. The standard InChI is InChI=1S/C34H39N5O5/c1-24-13-10-14-25(2)30(24)36-31(40)29-32(43-27-16-6-4-7-17-27)37-34(38-33(29)44-41-3)35-26-15-11-18-28(23-26)42-22-12-21-39-19-8-5-9-20-39/h4,6-7,10-11,13-18,23H,5,8-9,12,19-22H2,1-3H3,(H,36,40)(H,35,37,38). The Morgan fingerprint density at radius 1 is 0.864 bits per heavy atom. The van der Waals surface area contributed by atoms with Crippen molar-refractivity contribution < 1.29 is 24.0 Å². The summed E-state index contributed by atoms with van der Waals surface area (Å²) in [4.78, 5) is 35.6. The van der Waals surface area contributed by atoms with Crippen molar-refractivity contribution in [3.05, 3.63) is 89.5 Å². The minimum atomic E-state index is -0.508. The van der Waals surface area contributed by atoms with E-state index in [1.807, 2.05) is 74.5 Å². The smallest absolute Gasteiger partial charge is 0.277 e. The monoisotopic (exact) mass is 597 g/mol. The first-order valence-corrected chi connectivity index (χ1v) is 15.0. The SMILES string of the molecule is COOc1nc(Nc2cccc(OCCCN3CCCCC3)c2)nc(Oc2ccccc2)c1C(=O)Nc1c(C)cccc1C. The lowest BCUT2D eigenvalue weighted by atomic mass is 10.1. The average Bonchev–Trinajstić information content (AvgIpc) is 3.02. The molecule has 10 nitrogen and oxygen atoms in total. The molecule has 0 bridgehead atoms. The largest absolute Gasteiger partial charge is 0.493 e. The fourth-order valence-electron chi connectivity index (χ4n) is 5.13. The molecule has 3 aromatic carbocycles. The molecule has 1 saturated heterocycles. The number of likely N-dealkylation sites (tertiary alicyclic amines) is 1. The van der Waals surface area contributed by atoms with E-state index in [0.29, 0.717) is 23.7 Å². The Labute approximate surface area is 258 Å². The van der Waals surface area contributed by atoms with E-state index in [4.69, 9.17) is 19.2 Å². The molecule has 0 saturated carbocycles.